The molecule has 0 bridgehead atoms. The molecule has 0 atom stereocenters. The van der Waals surface area contributed by atoms with E-state index < -0.39 is 0 Å². The van der Waals surface area contributed by atoms with Crippen molar-refractivity contribution in [1.29, 1.82) is 0 Å². The van der Waals surface area contributed by atoms with Crippen LogP contribution in [0.2, 0.25) is 0 Å². The van der Waals surface area contributed by atoms with Crippen molar-refractivity contribution < 1.29 is 9.47 Å². The largest absolute Gasteiger partial charge is 0.494 e. The molecule has 0 unspecified atom stereocenters. The second-order valence-electron chi connectivity index (χ2n) is 6.30. The Morgan fingerprint density at radius 1 is 0.931 bits per heavy atom. The van der Waals surface area contributed by atoms with Gasteiger partial charge in [0.2, 0.25) is 0 Å². The van der Waals surface area contributed by atoms with Gasteiger partial charge in [-0.3, -0.25) is 4.57 Å². The molecule has 0 fully saturated rings. The van der Waals surface area contributed by atoms with Crippen LogP contribution in [0, 0.1) is 0 Å². The molecule has 0 N–H and O–H groups in total. The Morgan fingerprint density at radius 2 is 1.76 bits per heavy atom. The van der Waals surface area contributed by atoms with E-state index in [0.29, 0.717) is 13.2 Å². The minimum absolute atomic E-state index is 0.605. The van der Waals surface area contributed by atoms with Crippen molar-refractivity contribution in [2.45, 2.75) is 12.1 Å². The Bertz CT molecular complexity index is 1100. The molecule has 6 heteroatoms. The lowest BCUT2D eigenvalue weighted by molar-refractivity contribution is 0.340. The molecular formula is C23H21BrN2O2S. The number of hydrogen-bond donors (Lipinski definition) is 0. The van der Waals surface area contributed by atoms with E-state index in [1.54, 1.807) is 11.8 Å². The average Bonchev–Trinajstić information content (AvgIpc) is 3.10. The van der Waals surface area contributed by atoms with E-state index in [4.69, 9.17) is 14.5 Å². The summed E-state index contributed by atoms with van der Waals surface area (Å²) < 4.78 is 14.6. The predicted molar refractivity (Wildman–Crippen MR) is 123 cm³/mol. The number of hydrogen-bond acceptors (Lipinski definition) is 4. The molecule has 0 amide bonds. The molecule has 4 aromatic rings. The summed E-state index contributed by atoms with van der Waals surface area (Å²) in [7, 11) is 0. The van der Waals surface area contributed by atoms with Gasteiger partial charge in [-0.1, -0.05) is 45.9 Å². The topological polar surface area (TPSA) is 36.3 Å². The van der Waals surface area contributed by atoms with Crippen LogP contribution in [-0.4, -0.2) is 28.5 Å². The standard InChI is InChI=1S/C23H21BrN2O2S/c1-2-27-19-12-10-18(11-13-19)26-22-9-4-3-8-21(22)25-23(26)29-15-14-28-20-7-5-6-17(24)16-20/h3-13,16H,2,14-15H2,1H3. The van der Waals surface area contributed by atoms with Gasteiger partial charge in [-0.15, -0.1) is 0 Å². The second-order valence-corrected chi connectivity index (χ2v) is 8.28. The third kappa shape index (κ3) is 4.77. The van der Waals surface area contributed by atoms with Gasteiger partial charge in [-0.2, -0.15) is 0 Å². The maximum Gasteiger partial charge on any atom is 0.173 e. The number of imidazole rings is 1. The van der Waals surface area contributed by atoms with E-state index in [-0.39, 0.29) is 0 Å². The van der Waals surface area contributed by atoms with E-state index in [2.05, 4.69) is 38.7 Å². The summed E-state index contributed by atoms with van der Waals surface area (Å²) in [6.07, 6.45) is 0. The van der Waals surface area contributed by atoms with Crippen molar-refractivity contribution in [2.24, 2.45) is 0 Å². The lowest BCUT2D eigenvalue weighted by Gasteiger charge is -2.11. The summed E-state index contributed by atoms with van der Waals surface area (Å²) in [5.41, 5.74) is 3.14. The van der Waals surface area contributed by atoms with E-state index in [1.165, 1.54) is 0 Å². The zero-order chi connectivity index (χ0) is 20.1. The van der Waals surface area contributed by atoms with Crippen molar-refractivity contribution >= 4 is 38.7 Å². The minimum atomic E-state index is 0.605. The van der Waals surface area contributed by atoms with Gasteiger partial charge in [0.05, 0.1) is 24.2 Å². The molecule has 0 spiro atoms. The number of aromatic nitrogens is 2. The highest BCUT2D eigenvalue weighted by molar-refractivity contribution is 9.10. The molecule has 0 aliphatic rings. The maximum atomic E-state index is 5.87. The van der Waals surface area contributed by atoms with Gasteiger partial charge in [0, 0.05) is 15.9 Å². The second kappa shape index (κ2) is 9.37. The normalized spacial score (nSPS) is 11.0. The zero-order valence-electron chi connectivity index (χ0n) is 16.0. The molecule has 3 aromatic carbocycles. The van der Waals surface area contributed by atoms with Crippen molar-refractivity contribution in [3.63, 3.8) is 0 Å². The first-order valence-corrected chi connectivity index (χ1v) is 11.2. The van der Waals surface area contributed by atoms with Gasteiger partial charge < -0.3 is 9.47 Å². The van der Waals surface area contributed by atoms with E-state index >= 15 is 0 Å². The molecule has 0 saturated heterocycles. The molecular weight excluding hydrogens is 448 g/mol. The SMILES string of the molecule is CCOc1ccc(-n2c(SCCOc3cccc(Br)c3)nc3ccccc32)cc1. The number of fused-ring (bicyclic) bond motifs is 1. The average molecular weight is 469 g/mol. The first kappa shape index (κ1) is 19.9. The summed E-state index contributed by atoms with van der Waals surface area (Å²) in [5.74, 6) is 2.53. The number of para-hydroxylation sites is 2. The molecule has 29 heavy (non-hydrogen) atoms. The number of ether oxygens (including phenoxy) is 2. The van der Waals surface area contributed by atoms with Crippen molar-refractivity contribution in [3.8, 4) is 17.2 Å². The predicted octanol–water partition coefficient (Wildman–Crippen LogP) is 6.36. The summed E-state index contributed by atoms with van der Waals surface area (Å²) in [4.78, 5) is 4.84. The monoisotopic (exact) mass is 468 g/mol. The van der Waals surface area contributed by atoms with E-state index in [1.807, 2.05) is 61.5 Å². The Morgan fingerprint density at radius 3 is 2.55 bits per heavy atom. The van der Waals surface area contributed by atoms with Crippen LogP contribution < -0.4 is 9.47 Å². The van der Waals surface area contributed by atoms with Crippen molar-refractivity contribution in [1.82, 2.24) is 9.55 Å². The number of nitrogens with zero attached hydrogens (tertiary/aromatic N) is 2. The summed E-state index contributed by atoms with van der Waals surface area (Å²) in [6, 6.07) is 24.2. The number of benzene rings is 3. The fraction of sp³-hybridized carbons (Fsp3) is 0.174. The number of rotatable bonds is 8. The highest BCUT2D eigenvalue weighted by Gasteiger charge is 2.13. The van der Waals surface area contributed by atoms with Gasteiger partial charge in [-0.25, -0.2) is 4.98 Å². The molecule has 148 valence electrons. The first-order valence-electron chi connectivity index (χ1n) is 9.46. The van der Waals surface area contributed by atoms with Gasteiger partial charge in [-0.05, 0) is 61.5 Å². The number of thioether (sulfide) groups is 1. The Balaban J connectivity index is 1.53. The van der Waals surface area contributed by atoms with Crippen molar-refractivity contribution in [2.75, 3.05) is 19.0 Å². The first-order chi connectivity index (χ1) is 14.2. The third-order valence-electron chi connectivity index (χ3n) is 4.32. The zero-order valence-corrected chi connectivity index (χ0v) is 18.4. The van der Waals surface area contributed by atoms with Crippen LogP contribution in [0.3, 0.4) is 0 Å². The van der Waals surface area contributed by atoms with E-state index in [9.17, 15) is 0 Å². The fourth-order valence-electron chi connectivity index (χ4n) is 3.06. The smallest absolute Gasteiger partial charge is 0.173 e. The Kier molecular flexibility index (Phi) is 6.42. The highest BCUT2D eigenvalue weighted by atomic mass is 79.9. The molecule has 0 aliphatic heterocycles. The van der Waals surface area contributed by atoms with Crippen LogP contribution >= 0.6 is 27.7 Å². The Hall–Kier alpha value is -2.44. The van der Waals surface area contributed by atoms with Crippen LogP contribution in [0.1, 0.15) is 6.92 Å². The van der Waals surface area contributed by atoms with Crippen LogP contribution in [-0.2, 0) is 0 Å². The van der Waals surface area contributed by atoms with Crippen LogP contribution in [0.5, 0.6) is 11.5 Å². The van der Waals surface area contributed by atoms with Gasteiger partial charge in [0.1, 0.15) is 11.5 Å². The van der Waals surface area contributed by atoms with Crippen LogP contribution in [0.15, 0.2) is 82.4 Å². The molecule has 0 saturated carbocycles. The summed E-state index contributed by atoms with van der Waals surface area (Å²) >= 11 is 5.16. The lowest BCUT2D eigenvalue weighted by atomic mass is 10.2. The van der Waals surface area contributed by atoms with Crippen LogP contribution in [0.4, 0.5) is 0 Å². The quantitative estimate of drug-likeness (QED) is 0.222. The highest BCUT2D eigenvalue weighted by Crippen LogP contribution is 2.29. The van der Waals surface area contributed by atoms with Gasteiger partial charge in [0.25, 0.3) is 0 Å². The molecule has 0 aliphatic carbocycles. The summed E-state index contributed by atoms with van der Waals surface area (Å²) in [6.45, 7) is 3.25. The van der Waals surface area contributed by atoms with Gasteiger partial charge >= 0.3 is 0 Å². The Labute approximate surface area is 183 Å². The maximum absolute atomic E-state index is 5.87. The third-order valence-corrected chi connectivity index (χ3v) is 5.71. The lowest BCUT2D eigenvalue weighted by Crippen LogP contribution is -2.02. The molecule has 4 nitrogen and oxygen atoms in total. The van der Waals surface area contributed by atoms with Crippen LogP contribution in [0.25, 0.3) is 16.7 Å². The van der Waals surface area contributed by atoms with E-state index in [0.717, 1.165) is 43.6 Å². The fourth-order valence-corrected chi connectivity index (χ4v) is 4.28. The number of halogens is 1. The molecule has 1 aromatic heterocycles. The molecule has 1 heterocycles. The molecule has 0 radical (unpaired) electrons. The van der Waals surface area contributed by atoms with Crippen molar-refractivity contribution in [3.05, 3.63) is 77.3 Å². The summed E-state index contributed by atoms with van der Waals surface area (Å²) in [5, 5.41) is 0.952. The molecule has 4 rings (SSSR count). The minimum Gasteiger partial charge on any atom is -0.494 e. The van der Waals surface area contributed by atoms with Gasteiger partial charge in [0.15, 0.2) is 5.16 Å².